The molecule has 0 bridgehead atoms. The molecule has 0 saturated carbocycles. The minimum Gasteiger partial charge on any atom is -0.320 e. The lowest BCUT2D eigenvalue weighted by molar-refractivity contribution is -0.384. The van der Waals surface area contributed by atoms with Crippen LogP contribution in [0.2, 0.25) is 0 Å². The highest BCUT2D eigenvalue weighted by Crippen LogP contribution is 2.21. The molecule has 0 aliphatic rings. The molecule has 132 valence electrons. The summed E-state index contributed by atoms with van der Waals surface area (Å²) in [5.74, 6) is -0.386. The van der Waals surface area contributed by atoms with Gasteiger partial charge in [-0.15, -0.1) is 5.10 Å². The third-order valence-electron chi connectivity index (χ3n) is 3.83. The summed E-state index contributed by atoms with van der Waals surface area (Å²) in [4.78, 5) is 23.0. The van der Waals surface area contributed by atoms with Crippen LogP contribution in [0, 0.1) is 27.5 Å². The van der Waals surface area contributed by atoms with Crippen molar-refractivity contribution < 1.29 is 9.72 Å². The first-order valence-corrected chi connectivity index (χ1v) is 8.69. The van der Waals surface area contributed by atoms with Crippen LogP contribution in [0.15, 0.2) is 42.5 Å². The maximum atomic E-state index is 12.6. The van der Waals surface area contributed by atoms with Crippen LogP contribution in [-0.4, -0.2) is 25.8 Å². The van der Waals surface area contributed by atoms with Crippen LogP contribution < -0.4 is 5.32 Å². The van der Waals surface area contributed by atoms with E-state index in [1.165, 1.54) is 16.8 Å². The average Bonchev–Trinajstić information content (AvgIpc) is 2.99. The summed E-state index contributed by atoms with van der Waals surface area (Å²) in [6.07, 6.45) is 0. The number of benzene rings is 2. The number of hydrogen-bond acceptors (Lipinski definition) is 5. The Bertz CT molecular complexity index is 1020. The summed E-state index contributed by atoms with van der Waals surface area (Å²) in [5, 5.41) is 21.7. The number of nitrogens with zero attached hydrogens (tertiary/aromatic N) is 4. The normalized spacial score (nSPS) is 10.6. The van der Waals surface area contributed by atoms with Gasteiger partial charge in [-0.3, -0.25) is 14.9 Å². The largest absolute Gasteiger partial charge is 0.320 e. The fourth-order valence-electron chi connectivity index (χ4n) is 2.47. The van der Waals surface area contributed by atoms with Gasteiger partial charge >= 0.3 is 0 Å². The number of nitrogens with one attached hydrogen (secondary N) is 1. The lowest BCUT2D eigenvalue weighted by Gasteiger charge is -2.08. The number of nitro groups is 1. The number of carbonyl (C=O) groups is 1. The van der Waals surface area contributed by atoms with E-state index in [0.717, 1.165) is 9.13 Å². The summed E-state index contributed by atoms with van der Waals surface area (Å²) >= 11 is 2.20. The molecule has 0 aliphatic carbocycles. The van der Waals surface area contributed by atoms with Crippen LogP contribution in [0.5, 0.6) is 0 Å². The Morgan fingerprint density at radius 2 is 2.00 bits per heavy atom. The molecule has 1 heterocycles. The minimum atomic E-state index is -0.483. The number of aryl methyl sites for hydroxylation is 1. The van der Waals surface area contributed by atoms with E-state index in [1.54, 1.807) is 19.1 Å². The Morgan fingerprint density at radius 1 is 1.23 bits per heavy atom. The molecular formula is C17H14IN5O3. The van der Waals surface area contributed by atoms with Crippen molar-refractivity contribution in [3.05, 3.63) is 73.1 Å². The molecule has 1 N–H and O–H groups in total. The van der Waals surface area contributed by atoms with Gasteiger partial charge in [0.15, 0.2) is 5.69 Å². The molecule has 3 aromatic rings. The molecule has 9 heteroatoms. The highest BCUT2D eigenvalue weighted by atomic mass is 127. The van der Waals surface area contributed by atoms with Gasteiger partial charge in [-0.1, -0.05) is 11.3 Å². The van der Waals surface area contributed by atoms with Gasteiger partial charge in [0.1, 0.15) is 0 Å². The van der Waals surface area contributed by atoms with Gasteiger partial charge in [0.25, 0.3) is 11.6 Å². The number of non-ortho nitro benzene ring substituents is 1. The molecule has 0 spiro atoms. The molecule has 0 unspecified atom stereocenters. The molecule has 0 saturated heterocycles. The molecule has 0 atom stereocenters. The summed E-state index contributed by atoms with van der Waals surface area (Å²) < 4.78 is 2.48. The summed E-state index contributed by atoms with van der Waals surface area (Å²) in [6, 6.07) is 11.7. The fraction of sp³-hybridized carbons (Fsp3) is 0.118. The maximum absolute atomic E-state index is 12.6. The molecule has 0 radical (unpaired) electrons. The van der Waals surface area contributed by atoms with Crippen molar-refractivity contribution in [3.63, 3.8) is 0 Å². The monoisotopic (exact) mass is 463 g/mol. The smallest absolute Gasteiger partial charge is 0.278 e. The second-order valence-corrected chi connectivity index (χ2v) is 6.87. The van der Waals surface area contributed by atoms with Crippen LogP contribution in [-0.2, 0) is 0 Å². The number of amides is 1. The van der Waals surface area contributed by atoms with E-state index in [2.05, 4.69) is 38.2 Å². The van der Waals surface area contributed by atoms with Gasteiger partial charge in [0.2, 0.25) is 0 Å². The third-order valence-corrected chi connectivity index (χ3v) is 4.50. The quantitative estimate of drug-likeness (QED) is 0.362. The first-order chi connectivity index (χ1) is 12.4. The van der Waals surface area contributed by atoms with Gasteiger partial charge in [-0.25, -0.2) is 4.68 Å². The Labute approximate surface area is 162 Å². The van der Waals surface area contributed by atoms with Gasteiger partial charge in [-0.05, 0) is 66.3 Å². The molecule has 1 amide bonds. The predicted molar refractivity (Wildman–Crippen MR) is 105 cm³/mol. The van der Waals surface area contributed by atoms with E-state index in [-0.39, 0.29) is 17.3 Å². The van der Waals surface area contributed by atoms with Crippen LogP contribution in [0.4, 0.5) is 11.4 Å². The molecule has 1 aromatic heterocycles. The van der Waals surface area contributed by atoms with Crippen LogP contribution in [0.25, 0.3) is 5.69 Å². The summed E-state index contributed by atoms with van der Waals surface area (Å²) in [5.41, 5.74) is 2.70. The highest BCUT2D eigenvalue weighted by Gasteiger charge is 2.19. The Kier molecular flexibility index (Phi) is 4.98. The number of carbonyl (C=O) groups excluding carboxylic acids is 1. The van der Waals surface area contributed by atoms with Crippen molar-refractivity contribution in [2.45, 2.75) is 13.8 Å². The standard InChI is InChI=1S/C17H14IN5O3/c1-10-8-12(18)6-7-15(10)19-17(24)16-11(2)22(21-20-16)13-4-3-5-14(9-13)23(25)26/h3-9H,1-2H3,(H,19,24). The van der Waals surface area contributed by atoms with Gasteiger partial charge in [0, 0.05) is 21.4 Å². The number of hydrogen-bond donors (Lipinski definition) is 1. The van der Waals surface area contributed by atoms with Crippen LogP contribution >= 0.6 is 22.6 Å². The SMILES string of the molecule is Cc1cc(I)ccc1NC(=O)c1nnn(-c2cccc([N+](=O)[O-])c2)c1C. The van der Waals surface area contributed by atoms with E-state index in [0.29, 0.717) is 17.1 Å². The Morgan fingerprint density at radius 3 is 2.69 bits per heavy atom. The lowest BCUT2D eigenvalue weighted by atomic mass is 10.2. The van der Waals surface area contributed by atoms with Crippen LogP contribution in [0.3, 0.4) is 0 Å². The zero-order valence-corrected chi connectivity index (χ0v) is 16.1. The van der Waals surface area contributed by atoms with Gasteiger partial charge < -0.3 is 5.32 Å². The molecule has 3 rings (SSSR count). The van der Waals surface area contributed by atoms with E-state index in [9.17, 15) is 14.9 Å². The van der Waals surface area contributed by atoms with Crippen molar-refractivity contribution in [2.75, 3.05) is 5.32 Å². The van der Waals surface area contributed by atoms with Crippen LogP contribution in [0.1, 0.15) is 21.7 Å². The van der Waals surface area contributed by atoms with Crippen molar-refractivity contribution in [1.29, 1.82) is 0 Å². The second kappa shape index (κ2) is 7.20. The van der Waals surface area contributed by atoms with E-state index in [1.807, 2.05) is 25.1 Å². The molecule has 0 fully saturated rings. The minimum absolute atomic E-state index is 0.0575. The number of aromatic nitrogens is 3. The molecule has 26 heavy (non-hydrogen) atoms. The Balaban J connectivity index is 1.90. The maximum Gasteiger partial charge on any atom is 0.278 e. The number of halogens is 1. The number of rotatable bonds is 4. The van der Waals surface area contributed by atoms with E-state index >= 15 is 0 Å². The molecule has 0 aliphatic heterocycles. The third kappa shape index (κ3) is 3.57. The lowest BCUT2D eigenvalue weighted by Crippen LogP contribution is -2.15. The van der Waals surface area contributed by atoms with Crippen molar-refractivity contribution >= 4 is 39.9 Å². The summed E-state index contributed by atoms with van der Waals surface area (Å²) in [7, 11) is 0. The van der Waals surface area contributed by atoms with Crippen molar-refractivity contribution in [3.8, 4) is 5.69 Å². The second-order valence-electron chi connectivity index (χ2n) is 5.63. The zero-order valence-electron chi connectivity index (χ0n) is 13.9. The van der Waals surface area contributed by atoms with Crippen molar-refractivity contribution in [2.24, 2.45) is 0 Å². The molecule has 2 aromatic carbocycles. The molecule has 8 nitrogen and oxygen atoms in total. The predicted octanol–water partition coefficient (Wildman–Crippen LogP) is 3.65. The zero-order chi connectivity index (χ0) is 18.8. The first kappa shape index (κ1) is 18.0. The summed E-state index contributed by atoms with van der Waals surface area (Å²) in [6.45, 7) is 3.60. The average molecular weight is 463 g/mol. The van der Waals surface area contributed by atoms with E-state index in [4.69, 9.17) is 0 Å². The highest BCUT2D eigenvalue weighted by molar-refractivity contribution is 14.1. The number of nitro benzene ring substituents is 1. The van der Waals surface area contributed by atoms with Crippen molar-refractivity contribution in [1.82, 2.24) is 15.0 Å². The fourth-order valence-corrected chi connectivity index (χ4v) is 3.12. The molecular weight excluding hydrogens is 449 g/mol. The first-order valence-electron chi connectivity index (χ1n) is 7.61. The van der Waals surface area contributed by atoms with Gasteiger partial charge in [-0.2, -0.15) is 0 Å². The number of anilines is 1. The Hall–Kier alpha value is -2.82. The topological polar surface area (TPSA) is 103 Å². The van der Waals surface area contributed by atoms with E-state index < -0.39 is 4.92 Å². The van der Waals surface area contributed by atoms with Gasteiger partial charge in [0.05, 0.1) is 16.3 Å².